The lowest BCUT2D eigenvalue weighted by molar-refractivity contribution is -0.0543. The van der Waals surface area contributed by atoms with Gasteiger partial charge in [0.15, 0.2) is 0 Å². The van der Waals surface area contributed by atoms with Crippen molar-refractivity contribution in [1.82, 2.24) is 9.97 Å². The van der Waals surface area contributed by atoms with E-state index in [1.807, 2.05) is 24.3 Å². The van der Waals surface area contributed by atoms with Gasteiger partial charge in [0, 0.05) is 47.4 Å². The summed E-state index contributed by atoms with van der Waals surface area (Å²) in [6.45, 7) is 1.69. The van der Waals surface area contributed by atoms with E-state index >= 15 is 0 Å². The Morgan fingerprint density at radius 2 is 1.97 bits per heavy atom. The molecule has 3 heterocycles. The number of hydrogen-bond acceptors (Lipinski definition) is 7. The summed E-state index contributed by atoms with van der Waals surface area (Å²) in [5.41, 5.74) is 0.654. The van der Waals surface area contributed by atoms with Crippen LogP contribution in [0, 0.1) is 0 Å². The van der Waals surface area contributed by atoms with Crippen LogP contribution in [0.15, 0.2) is 29.2 Å². The van der Waals surface area contributed by atoms with Gasteiger partial charge in [0.05, 0.1) is 16.7 Å². The molecule has 2 aliphatic rings. The highest BCUT2D eigenvalue weighted by molar-refractivity contribution is 7.98. The number of fused-ring (bicyclic) bond motifs is 3. The first kappa shape index (κ1) is 20.5. The fraction of sp³-hybridized carbons (Fsp3) is 0.455. The molecule has 0 bridgehead atoms. The average Bonchev–Trinajstić information content (AvgIpc) is 3.33. The van der Waals surface area contributed by atoms with Gasteiger partial charge in [-0.2, -0.15) is 0 Å². The molecule has 2 aromatic heterocycles. The van der Waals surface area contributed by atoms with Crippen LogP contribution in [0.1, 0.15) is 35.5 Å². The van der Waals surface area contributed by atoms with Gasteiger partial charge in [0.1, 0.15) is 16.5 Å². The fourth-order valence-corrected chi connectivity index (χ4v) is 6.25. The summed E-state index contributed by atoms with van der Waals surface area (Å²) in [7, 11) is 0. The van der Waals surface area contributed by atoms with Crippen molar-refractivity contribution in [1.29, 1.82) is 0 Å². The number of halogens is 1. The number of thiophene rings is 1. The van der Waals surface area contributed by atoms with Crippen molar-refractivity contribution in [2.75, 3.05) is 25.1 Å². The first-order valence-electron chi connectivity index (χ1n) is 10.3. The largest absolute Gasteiger partial charge is 0.388 e. The minimum Gasteiger partial charge on any atom is -0.388 e. The summed E-state index contributed by atoms with van der Waals surface area (Å²) in [5, 5.41) is 16.3. The molecule has 1 saturated heterocycles. The summed E-state index contributed by atoms with van der Waals surface area (Å²) >= 11 is 9.49. The zero-order valence-corrected chi connectivity index (χ0v) is 19.0. The molecule has 0 radical (unpaired) electrons. The molecule has 158 valence electrons. The molecule has 5 rings (SSSR count). The Hall–Kier alpha value is -1.38. The van der Waals surface area contributed by atoms with Crippen LogP contribution in [-0.4, -0.2) is 40.4 Å². The number of hydrogen-bond donors (Lipinski definition) is 2. The number of aryl methyl sites for hydroxylation is 2. The summed E-state index contributed by atoms with van der Waals surface area (Å²) in [4.78, 5) is 13.4. The summed E-state index contributed by atoms with van der Waals surface area (Å²) in [5.74, 6) is 2.36. The monoisotopic (exact) mass is 461 g/mol. The number of ether oxygens (including phenoxy) is 1. The minimum atomic E-state index is -0.743. The number of thioether (sulfide) groups is 1. The fourth-order valence-electron chi connectivity index (χ4n) is 4.09. The Labute approximate surface area is 189 Å². The van der Waals surface area contributed by atoms with Crippen molar-refractivity contribution in [2.45, 2.75) is 48.4 Å². The highest BCUT2D eigenvalue weighted by Crippen LogP contribution is 2.40. The van der Waals surface area contributed by atoms with Crippen molar-refractivity contribution in [2.24, 2.45) is 0 Å². The second kappa shape index (κ2) is 8.63. The quantitative estimate of drug-likeness (QED) is 0.499. The predicted octanol–water partition coefficient (Wildman–Crippen LogP) is 5.08. The van der Waals surface area contributed by atoms with Crippen LogP contribution >= 0.6 is 34.7 Å². The zero-order valence-electron chi connectivity index (χ0n) is 16.6. The van der Waals surface area contributed by atoms with Crippen molar-refractivity contribution in [3.63, 3.8) is 0 Å². The van der Waals surface area contributed by atoms with E-state index in [0.717, 1.165) is 44.6 Å². The van der Waals surface area contributed by atoms with Crippen LogP contribution in [0.2, 0.25) is 5.02 Å². The van der Waals surface area contributed by atoms with Crippen LogP contribution < -0.4 is 5.32 Å². The second-order valence-electron chi connectivity index (χ2n) is 7.96. The van der Waals surface area contributed by atoms with Crippen LogP contribution in [0.3, 0.4) is 0 Å². The summed E-state index contributed by atoms with van der Waals surface area (Å²) in [6, 6.07) is 7.84. The van der Waals surface area contributed by atoms with Crippen molar-refractivity contribution in [3.05, 3.63) is 45.6 Å². The van der Waals surface area contributed by atoms with Gasteiger partial charge in [-0.05, 0) is 49.1 Å². The van der Waals surface area contributed by atoms with Crippen LogP contribution in [0.4, 0.5) is 5.82 Å². The Morgan fingerprint density at radius 3 is 2.77 bits per heavy atom. The van der Waals surface area contributed by atoms with E-state index in [9.17, 15) is 5.11 Å². The average molecular weight is 462 g/mol. The molecule has 0 unspecified atom stereocenters. The maximum Gasteiger partial charge on any atom is 0.142 e. The standard InChI is InChI=1S/C22H24ClN3O2S2/c23-14-4-6-15(7-5-14)29-12-18-25-20(24-13-22(27)8-10-28-11-9-22)19-16-2-1-3-17(16)30-21(19)26-18/h4-7,27H,1-3,8-13H2,(H,24,25,26). The molecule has 8 heteroatoms. The molecule has 30 heavy (non-hydrogen) atoms. The Kier molecular flexibility index (Phi) is 5.90. The molecule has 0 atom stereocenters. The number of aliphatic hydroxyl groups is 1. The van der Waals surface area contributed by atoms with Gasteiger partial charge in [-0.25, -0.2) is 9.97 Å². The highest BCUT2D eigenvalue weighted by atomic mass is 35.5. The third-order valence-electron chi connectivity index (χ3n) is 5.80. The van der Waals surface area contributed by atoms with Gasteiger partial charge in [-0.15, -0.1) is 23.1 Å². The lowest BCUT2D eigenvalue weighted by Crippen LogP contribution is -2.42. The molecular formula is C22H24ClN3O2S2. The number of aromatic nitrogens is 2. The Morgan fingerprint density at radius 1 is 1.17 bits per heavy atom. The summed E-state index contributed by atoms with van der Waals surface area (Å²) < 4.78 is 5.41. The summed E-state index contributed by atoms with van der Waals surface area (Å²) in [6.07, 6.45) is 4.72. The maximum atomic E-state index is 10.9. The smallest absolute Gasteiger partial charge is 0.142 e. The molecule has 2 N–H and O–H groups in total. The molecule has 5 nitrogen and oxygen atoms in total. The topological polar surface area (TPSA) is 67.3 Å². The third kappa shape index (κ3) is 4.32. The SMILES string of the molecule is OC1(CNc2nc(CSc3ccc(Cl)cc3)nc3sc4c(c23)CCC4)CCOCC1. The maximum absolute atomic E-state index is 10.9. The van der Waals surface area contributed by atoms with E-state index in [1.54, 1.807) is 23.1 Å². The number of nitrogens with one attached hydrogen (secondary N) is 1. The molecule has 3 aromatic rings. The molecule has 1 aromatic carbocycles. The molecule has 0 amide bonds. The van der Waals surface area contributed by atoms with Crippen molar-refractivity contribution in [3.8, 4) is 0 Å². The van der Waals surface area contributed by atoms with Gasteiger partial charge in [-0.1, -0.05) is 11.6 Å². The minimum absolute atomic E-state index is 0.483. The molecule has 0 saturated carbocycles. The van der Waals surface area contributed by atoms with E-state index in [1.165, 1.54) is 16.9 Å². The van der Waals surface area contributed by atoms with E-state index in [-0.39, 0.29) is 0 Å². The number of rotatable bonds is 6. The van der Waals surface area contributed by atoms with Crippen LogP contribution in [0.25, 0.3) is 10.2 Å². The van der Waals surface area contributed by atoms with E-state index in [4.69, 9.17) is 26.3 Å². The van der Waals surface area contributed by atoms with Gasteiger partial charge < -0.3 is 15.2 Å². The first-order valence-corrected chi connectivity index (χ1v) is 12.5. The predicted molar refractivity (Wildman–Crippen MR) is 124 cm³/mol. The van der Waals surface area contributed by atoms with E-state index in [2.05, 4.69) is 5.32 Å². The molecular weight excluding hydrogens is 438 g/mol. The van der Waals surface area contributed by atoms with E-state index < -0.39 is 5.60 Å². The normalized spacial score (nSPS) is 17.9. The Bertz CT molecular complexity index is 1050. The lowest BCUT2D eigenvalue weighted by atomic mass is 9.94. The lowest BCUT2D eigenvalue weighted by Gasteiger charge is -2.32. The van der Waals surface area contributed by atoms with Gasteiger partial charge in [-0.3, -0.25) is 0 Å². The molecule has 1 aliphatic heterocycles. The van der Waals surface area contributed by atoms with E-state index in [0.29, 0.717) is 38.4 Å². The zero-order chi connectivity index (χ0) is 20.6. The van der Waals surface area contributed by atoms with Gasteiger partial charge >= 0.3 is 0 Å². The molecule has 1 aliphatic carbocycles. The number of nitrogens with zero attached hydrogens (tertiary/aromatic N) is 2. The highest BCUT2D eigenvalue weighted by Gasteiger charge is 2.30. The van der Waals surface area contributed by atoms with Gasteiger partial charge in [0.25, 0.3) is 0 Å². The van der Waals surface area contributed by atoms with Gasteiger partial charge in [0.2, 0.25) is 0 Å². The Balaban J connectivity index is 1.41. The van der Waals surface area contributed by atoms with Crippen LogP contribution in [-0.2, 0) is 23.3 Å². The number of anilines is 1. The first-order chi connectivity index (χ1) is 14.6. The molecule has 0 spiro atoms. The molecule has 1 fully saturated rings. The third-order valence-corrected chi connectivity index (χ3v) is 8.25. The van der Waals surface area contributed by atoms with Crippen molar-refractivity contribution >= 4 is 50.7 Å². The van der Waals surface area contributed by atoms with Crippen molar-refractivity contribution < 1.29 is 9.84 Å². The second-order valence-corrected chi connectivity index (χ2v) is 10.5. The van der Waals surface area contributed by atoms with Crippen LogP contribution in [0.5, 0.6) is 0 Å². The number of benzene rings is 1.